The van der Waals surface area contributed by atoms with Crippen LogP contribution in [-0.4, -0.2) is 135 Å². The first-order valence-electron chi connectivity index (χ1n) is 41.5. The van der Waals surface area contributed by atoms with Crippen LogP contribution in [-0.2, 0) is 33.6 Å². The highest BCUT2D eigenvalue weighted by Gasteiger charge is 2.46. The second-order valence-corrected chi connectivity index (χ2v) is 36.2. The number of anilines is 2. The molecule has 9 N–H and O–H groups in total. The van der Waals surface area contributed by atoms with Gasteiger partial charge >= 0.3 is 0 Å². The largest absolute Gasteiger partial charge is 0.391 e. The molecule has 632 valence electrons. The number of carbonyl (C=O) groups is 7. The number of aryl methyl sites for hydroxylation is 2. The lowest BCUT2D eigenvalue weighted by atomic mass is 9.76. The molecule has 8 atom stereocenters. The number of hydrogen-bond donors (Lipinski definition) is 8. The average Bonchev–Trinajstić information content (AvgIpc) is 1.60. The van der Waals surface area contributed by atoms with E-state index in [1.54, 1.807) is 28.7 Å². The SMILES string of the molecule is Cc1ncsc1-c1ccc([C@H](C)NC(=O)[C@@H]2C[C@@H](O)CN2C(=O)[C@@H](CC(=O)CCCCCCCCCCCN)C(C)(C)C)cc1.Cc1ncsc1-c1ccc([C@H](C)NC(=O)[C@@H]2C[C@@H](O)CN2C(=O)[C@@H](CC(=O)CCCCCCCCCCCNCCCCONC(=O)c2ccc(F)c(F)c2Nc2ccc(I)cc2F)C(C)(C)C)cc1. The summed E-state index contributed by atoms with van der Waals surface area (Å²) in [6, 6.07) is 20.0. The van der Waals surface area contributed by atoms with E-state index in [4.69, 9.17) is 10.6 Å². The molecule has 5 amide bonds. The number of nitrogens with one attached hydrogen (secondary N) is 5. The lowest BCUT2D eigenvalue weighted by molar-refractivity contribution is -0.146. The molecule has 0 bridgehead atoms. The molecule has 0 saturated carbocycles. The van der Waals surface area contributed by atoms with E-state index in [-0.39, 0.29) is 104 Å². The van der Waals surface area contributed by atoms with E-state index < -0.39 is 76.0 Å². The zero-order valence-corrected chi connectivity index (χ0v) is 73.1. The Morgan fingerprint density at radius 2 is 0.983 bits per heavy atom. The summed E-state index contributed by atoms with van der Waals surface area (Å²) in [5.41, 5.74) is 15.7. The minimum absolute atomic E-state index is 0.0500. The van der Waals surface area contributed by atoms with Crippen molar-refractivity contribution < 1.29 is 61.8 Å². The maximum atomic E-state index is 14.7. The molecule has 115 heavy (non-hydrogen) atoms. The predicted molar refractivity (Wildman–Crippen MR) is 461 cm³/mol. The van der Waals surface area contributed by atoms with Crippen molar-refractivity contribution in [3.8, 4) is 20.9 Å². The van der Waals surface area contributed by atoms with Crippen LogP contribution in [0, 0.1) is 57.5 Å². The number of amides is 5. The first-order chi connectivity index (χ1) is 54.9. The molecular formula is C89H126F3IN10O10S2. The normalized spacial score (nSPS) is 16.7. The Bertz CT molecular complexity index is 4060. The van der Waals surface area contributed by atoms with Gasteiger partial charge in [0, 0.05) is 67.0 Å². The van der Waals surface area contributed by atoms with Crippen LogP contribution in [0.2, 0.25) is 0 Å². The van der Waals surface area contributed by atoms with E-state index in [2.05, 4.69) is 36.7 Å². The van der Waals surface area contributed by atoms with Crippen LogP contribution in [0.15, 0.2) is 89.9 Å². The van der Waals surface area contributed by atoms with Gasteiger partial charge < -0.3 is 47.0 Å². The summed E-state index contributed by atoms with van der Waals surface area (Å²) >= 11 is 5.11. The summed E-state index contributed by atoms with van der Waals surface area (Å²) in [6.07, 6.45) is 21.2. The third kappa shape index (κ3) is 30.7. The van der Waals surface area contributed by atoms with Crippen molar-refractivity contribution >= 4 is 97.7 Å². The third-order valence-corrected chi connectivity index (χ3v) is 24.5. The van der Waals surface area contributed by atoms with Gasteiger partial charge in [0.25, 0.3) is 5.91 Å². The van der Waals surface area contributed by atoms with Crippen molar-refractivity contribution in [3.63, 3.8) is 0 Å². The number of benzene rings is 4. The van der Waals surface area contributed by atoms with Gasteiger partial charge in [-0.1, -0.05) is 180 Å². The number of nitrogens with two attached hydrogens (primary N) is 1. The van der Waals surface area contributed by atoms with Crippen LogP contribution in [0.5, 0.6) is 0 Å². The first-order valence-corrected chi connectivity index (χ1v) is 44.3. The van der Waals surface area contributed by atoms with Gasteiger partial charge in [-0.3, -0.25) is 38.4 Å². The number of ketones is 2. The van der Waals surface area contributed by atoms with Gasteiger partial charge in [-0.05, 0) is 172 Å². The van der Waals surface area contributed by atoms with Crippen molar-refractivity contribution in [3.05, 3.63) is 139 Å². The number of hydrogen-bond acceptors (Lipinski definition) is 17. The molecule has 20 nitrogen and oxygen atoms in total. The molecule has 2 fully saturated rings. The number of nitrogens with zero attached hydrogens (tertiary/aromatic N) is 4. The molecule has 4 heterocycles. The molecule has 4 aromatic carbocycles. The smallest absolute Gasteiger partial charge is 0.277 e. The summed E-state index contributed by atoms with van der Waals surface area (Å²) in [7, 11) is 0. The Hall–Kier alpha value is -7.05. The quantitative estimate of drug-likeness (QED) is 0.0100. The number of aliphatic hydroxyl groups is 2. The Labute approximate surface area is 701 Å². The zero-order chi connectivity index (χ0) is 83.8. The fourth-order valence-electron chi connectivity index (χ4n) is 14.8. The number of aliphatic hydroxyl groups excluding tert-OH is 2. The third-order valence-electron chi connectivity index (χ3n) is 21.8. The molecule has 0 spiro atoms. The highest BCUT2D eigenvalue weighted by molar-refractivity contribution is 14.1. The van der Waals surface area contributed by atoms with E-state index in [0.717, 1.165) is 165 Å². The molecule has 2 aromatic heterocycles. The van der Waals surface area contributed by atoms with E-state index in [1.165, 1.54) is 54.0 Å². The van der Waals surface area contributed by atoms with E-state index in [9.17, 15) is 56.9 Å². The molecule has 2 saturated heterocycles. The topological polar surface area (TPSA) is 288 Å². The molecule has 0 aliphatic carbocycles. The van der Waals surface area contributed by atoms with Gasteiger partial charge in [-0.15, -0.1) is 22.7 Å². The molecule has 26 heteroatoms. The van der Waals surface area contributed by atoms with Crippen molar-refractivity contribution in [1.82, 2.24) is 41.2 Å². The second kappa shape index (κ2) is 48.1. The number of rotatable bonds is 46. The van der Waals surface area contributed by atoms with Crippen LogP contribution in [0.1, 0.15) is 267 Å². The molecule has 8 rings (SSSR count). The molecule has 0 radical (unpaired) electrons. The lowest BCUT2D eigenvalue weighted by Crippen LogP contribution is -2.50. The summed E-state index contributed by atoms with van der Waals surface area (Å²) in [6.45, 7) is 22.4. The minimum atomic E-state index is -1.30. The lowest BCUT2D eigenvalue weighted by Gasteiger charge is -2.35. The second-order valence-electron chi connectivity index (χ2n) is 33.3. The zero-order valence-electron chi connectivity index (χ0n) is 69.3. The fourth-order valence-corrected chi connectivity index (χ4v) is 16.9. The fraction of sp³-hybridized carbons (Fsp3) is 0.584. The Morgan fingerprint density at radius 1 is 0.565 bits per heavy atom. The summed E-state index contributed by atoms with van der Waals surface area (Å²) in [5, 5.41) is 33.2. The first kappa shape index (κ1) is 95.1. The maximum absolute atomic E-state index is 14.7. The van der Waals surface area contributed by atoms with E-state index >= 15 is 0 Å². The number of Topliss-reactive ketones (excluding diaryl/α,β-unsaturated/α-hetero) is 2. The minimum Gasteiger partial charge on any atom is -0.391 e. The van der Waals surface area contributed by atoms with Crippen LogP contribution in [0.25, 0.3) is 20.9 Å². The number of aromatic nitrogens is 2. The van der Waals surface area contributed by atoms with Crippen molar-refractivity contribution in [1.29, 1.82) is 0 Å². The number of thiazole rings is 2. The van der Waals surface area contributed by atoms with Crippen LogP contribution >= 0.6 is 45.3 Å². The summed E-state index contributed by atoms with van der Waals surface area (Å²) in [4.78, 5) is 113. The van der Waals surface area contributed by atoms with Crippen LogP contribution in [0.4, 0.5) is 24.5 Å². The number of likely N-dealkylation sites (tertiary alicyclic amines) is 2. The number of carbonyl (C=O) groups excluding carboxylic acids is 7. The standard InChI is InChI=1S/C53H70F3IN6O6S.C36H56N4O4S/c1-34(36-18-20-37(21-19-36)49-35(2)59-33-70-49)60-51(67)46-31-40(65)32-63(46)52(68)42(53(3,4)5)30-39(64)17-13-11-9-7-6-8-10-12-14-26-58-27-15-16-28-69-62-50(66)41-23-24-43(54)47(56)48(41)61-45-25-22-38(57)29-44(45)55;1-25(27-16-18-28(19-17-27)33-26(2)38-24-45-33)39-34(43)32-22-30(42)23-40(32)35(44)31(36(3,4)5)21-29(41)15-13-11-9-7-6-8-10-12-14-20-37/h18-25,29,33-34,40,42,46,58,61,65H,6-17,26-28,30-32H2,1-5H3,(H,60,67)(H,62,66);16-19,24-25,30-32,42H,6-15,20-23,37H2,1-5H3,(H,39,43)/t34-,40+,42+,46-;25-,30+,31+,32-/m00/s1. The molecule has 6 aromatic rings. The van der Waals surface area contributed by atoms with Gasteiger partial charge in [0.05, 0.1) is 80.0 Å². The highest BCUT2D eigenvalue weighted by atomic mass is 127. The van der Waals surface area contributed by atoms with Crippen LogP contribution < -0.4 is 32.5 Å². The Kier molecular flexibility index (Phi) is 39.8. The van der Waals surface area contributed by atoms with Crippen molar-refractivity contribution in [2.45, 2.75) is 273 Å². The van der Waals surface area contributed by atoms with Gasteiger partial charge in [0.1, 0.15) is 29.5 Å². The van der Waals surface area contributed by atoms with Crippen molar-refractivity contribution in [2.24, 2.45) is 28.4 Å². The number of β-amino-alcohol motifs (C(OH)–C–C–N with tert-alkyl or cyclic N) is 2. The highest BCUT2D eigenvalue weighted by Crippen LogP contribution is 2.38. The molecular weight excluding hydrogens is 1620 g/mol. The monoisotopic (exact) mass is 1740 g/mol. The van der Waals surface area contributed by atoms with Gasteiger partial charge in [0.15, 0.2) is 11.6 Å². The van der Waals surface area contributed by atoms with Gasteiger partial charge in [-0.25, -0.2) is 28.6 Å². The van der Waals surface area contributed by atoms with Crippen LogP contribution in [0.3, 0.4) is 0 Å². The summed E-state index contributed by atoms with van der Waals surface area (Å²) < 4.78 is 43.7. The van der Waals surface area contributed by atoms with E-state index in [1.807, 2.05) is 151 Å². The van der Waals surface area contributed by atoms with Gasteiger partial charge in [-0.2, -0.15) is 0 Å². The Balaban J connectivity index is 0.000000350. The molecule has 2 aliphatic heterocycles. The predicted octanol–water partition coefficient (Wildman–Crippen LogP) is 18.0. The maximum Gasteiger partial charge on any atom is 0.277 e. The van der Waals surface area contributed by atoms with E-state index in [0.29, 0.717) is 22.8 Å². The van der Waals surface area contributed by atoms with Crippen molar-refractivity contribution in [2.75, 3.05) is 44.6 Å². The average molecular weight is 1740 g/mol. The molecule has 2 aliphatic rings. The number of halogens is 4. The Morgan fingerprint density at radius 3 is 1.39 bits per heavy atom. The van der Waals surface area contributed by atoms with Gasteiger partial charge in [0.2, 0.25) is 23.6 Å². The summed E-state index contributed by atoms with van der Waals surface area (Å²) in [5.74, 6) is -6.05. The molecule has 0 unspecified atom stereocenters. The number of unbranched alkanes of at least 4 members (excludes halogenated alkanes) is 17. The number of hydroxylamine groups is 1.